The van der Waals surface area contributed by atoms with Crippen LogP contribution in [-0.4, -0.2) is 37.6 Å². The fraction of sp³-hybridized carbons (Fsp3) is 1.00. The molecule has 0 aromatic carbocycles. The van der Waals surface area contributed by atoms with E-state index < -0.39 is 0 Å². The molecule has 2 heteroatoms. The molecule has 15 heavy (non-hydrogen) atoms. The lowest BCUT2D eigenvalue weighted by Gasteiger charge is -2.50. The van der Waals surface area contributed by atoms with Gasteiger partial charge < -0.3 is 4.48 Å². The number of rotatable bonds is 5. The molecule has 0 aromatic rings. The molecule has 0 rings (SSSR count). The minimum absolute atomic E-state index is 0. The Kier molecular flexibility index (Phi) is 7.63. The Bertz CT molecular complexity index is 140. The van der Waals surface area contributed by atoms with Gasteiger partial charge in [-0.25, -0.2) is 0 Å². The molecule has 0 radical (unpaired) electrons. The fourth-order valence-electron chi connectivity index (χ4n) is 3.05. The van der Waals surface area contributed by atoms with Crippen LogP contribution in [0.3, 0.4) is 0 Å². The summed E-state index contributed by atoms with van der Waals surface area (Å²) in [6, 6.07) is 2.16. The number of hydrogen-bond donors (Lipinski definition) is 0. The molecule has 0 unspecified atom stereocenters. The van der Waals surface area contributed by atoms with E-state index in [0.29, 0.717) is 0 Å². The third kappa shape index (κ3) is 3.83. The molecule has 0 saturated heterocycles. The monoisotopic (exact) mass is 214 g/mol. The maximum Gasteiger partial charge on any atom is 0.0837 e. The third-order valence-electron chi connectivity index (χ3n) is 3.57. The molecule has 0 saturated carbocycles. The minimum Gasteiger partial charge on any atom is -0.317 e. The lowest BCUT2D eigenvalue weighted by molar-refractivity contribution is -0.987. The highest BCUT2D eigenvalue weighted by molar-refractivity contribution is 5.75. The lowest BCUT2D eigenvalue weighted by atomic mass is 10.0. The first-order chi connectivity index (χ1) is 6.25. The molecular weight excluding hydrogens is 181 g/mol. The smallest absolute Gasteiger partial charge is 0.0837 e. The van der Waals surface area contributed by atoms with Gasteiger partial charge in [0.2, 0.25) is 0 Å². The number of quaternary nitrogens is 1. The molecule has 92 valence electrons. The van der Waals surface area contributed by atoms with Crippen LogP contribution in [0.2, 0.25) is 0 Å². The molecule has 0 aliphatic heterocycles. The van der Waals surface area contributed by atoms with Crippen LogP contribution >= 0.6 is 0 Å². The van der Waals surface area contributed by atoms with Crippen molar-refractivity contribution in [3.05, 3.63) is 0 Å². The van der Waals surface area contributed by atoms with E-state index in [1.807, 2.05) is 0 Å². The molecule has 0 bridgehead atoms. The van der Waals surface area contributed by atoms with Gasteiger partial charge in [-0.3, -0.25) is 0 Å². The second-order valence-electron chi connectivity index (χ2n) is 5.85. The Morgan fingerprint density at radius 1 is 0.667 bits per heavy atom. The molecule has 0 heterocycles. The molecule has 0 fully saturated rings. The van der Waals surface area contributed by atoms with Gasteiger partial charge in [0.25, 0.3) is 0 Å². The topological polar surface area (TPSA) is 0 Å². The van der Waals surface area contributed by atoms with Crippen LogP contribution in [0.1, 0.15) is 55.4 Å². The lowest BCUT2D eigenvalue weighted by Crippen LogP contribution is -2.63. The average Bonchev–Trinajstić information content (AvgIpc) is 1.97. The standard InChI is InChI=1S/C13H30N.BH3/c1-10(2)9-14(11(3)4,12(5)6)13(7)8;/h10-13H,9H2,1-8H3;1H3/q+1;. The Labute approximate surface area is 99.4 Å². The fourth-order valence-corrected chi connectivity index (χ4v) is 3.05. The molecule has 0 spiro atoms. The zero-order valence-electron chi connectivity index (χ0n) is 11.5. The molecule has 0 atom stereocenters. The van der Waals surface area contributed by atoms with Crippen molar-refractivity contribution < 1.29 is 4.48 Å². The zero-order chi connectivity index (χ0) is 11.5. The minimum atomic E-state index is 0. The summed E-state index contributed by atoms with van der Waals surface area (Å²) in [7, 11) is 0. The Balaban J connectivity index is 0. The van der Waals surface area contributed by atoms with Gasteiger partial charge in [0, 0.05) is 5.92 Å². The van der Waals surface area contributed by atoms with E-state index in [4.69, 9.17) is 0 Å². The van der Waals surface area contributed by atoms with E-state index >= 15 is 0 Å². The van der Waals surface area contributed by atoms with Crippen molar-refractivity contribution in [2.45, 2.75) is 73.5 Å². The summed E-state index contributed by atoms with van der Waals surface area (Å²) >= 11 is 0. The van der Waals surface area contributed by atoms with Crippen LogP contribution in [0, 0.1) is 5.92 Å². The predicted molar refractivity (Wildman–Crippen MR) is 75.3 cm³/mol. The molecule has 0 aliphatic rings. The summed E-state index contributed by atoms with van der Waals surface area (Å²) in [6.45, 7) is 20.1. The van der Waals surface area contributed by atoms with Gasteiger partial charge in [0.1, 0.15) is 0 Å². The number of nitrogens with zero attached hydrogens (tertiary/aromatic N) is 1. The van der Waals surface area contributed by atoms with Crippen LogP contribution in [0.25, 0.3) is 0 Å². The second kappa shape index (κ2) is 6.57. The van der Waals surface area contributed by atoms with Crippen LogP contribution < -0.4 is 0 Å². The van der Waals surface area contributed by atoms with Gasteiger partial charge in [-0.2, -0.15) is 0 Å². The molecular formula is C13H33BN+. The van der Waals surface area contributed by atoms with E-state index in [-0.39, 0.29) is 8.41 Å². The highest BCUT2D eigenvalue weighted by Crippen LogP contribution is 2.26. The molecule has 1 nitrogen and oxygen atoms in total. The summed E-state index contributed by atoms with van der Waals surface area (Å²) in [4.78, 5) is 0. The summed E-state index contributed by atoms with van der Waals surface area (Å²) < 4.78 is 1.25. The predicted octanol–water partition coefficient (Wildman–Crippen LogP) is 2.50. The zero-order valence-corrected chi connectivity index (χ0v) is 11.5. The van der Waals surface area contributed by atoms with Crippen molar-refractivity contribution in [3.8, 4) is 0 Å². The van der Waals surface area contributed by atoms with E-state index in [1.165, 1.54) is 11.0 Å². The van der Waals surface area contributed by atoms with Crippen molar-refractivity contribution in [2.75, 3.05) is 6.54 Å². The normalized spacial score (nSPS) is 12.8. The van der Waals surface area contributed by atoms with Crippen molar-refractivity contribution in [1.82, 2.24) is 0 Å². The van der Waals surface area contributed by atoms with E-state index in [9.17, 15) is 0 Å². The summed E-state index contributed by atoms with van der Waals surface area (Å²) in [6.07, 6.45) is 0. The first-order valence-electron chi connectivity index (χ1n) is 6.12. The van der Waals surface area contributed by atoms with Crippen molar-refractivity contribution in [2.24, 2.45) is 5.92 Å². The summed E-state index contributed by atoms with van der Waals surface area (Å²) in [5.41, 5.74) is 0. The van der Waals surface area contributed by atoms with Crippen LogP contribution in [0.15, 0.2) is 0 Å². The van der Waals surface area contributed by atoms with Crippen LogP contribution in [0.4, 0.5) is 0 Å². The maximum absolute atomic E-state index is 2.36. The van der Waals surface area contributed by atoms with Gasteiger partial charge in [0.15, 0.2) is 0 Å². The van der Waals surface area contributed by atoms with Gasteiger partial charge in [-0.05, 0) is 41.5 Å². The van der Waals surface area contributed by atoms with Crippen LogP contribution in [0.5, 0.6) is 0 Å². The van der Waals surface area contributed by atoms with E-state index in [2.05, 4.69) is 55.4 Å². The van der Waals surface area contributed by atoms with Gasteiger partial charge in [-0.15, -0.1) is 0 Å². The van der Waals surface area contributed by atoms with E-state index in [1.54, 1.807) is 0 Å². The van der Waals surface area contributed by atoms with Crippen molar-refractivity contribution >= 4 is 8.41 Å². The number of hydrogen-bond acceptors (Lipinski definition) is 0. The highest BCUT2D eigenvalue weighted by atomic mass is 15.4. The SMILES string of the molecule is B.CC(C)C[N+](C(C)C)(C(C)C)C(C)C. The molecule has 0 N–H and O–H groups in total. The first kappa shape index (κ1) is 17.4. The third-order valence-corrected chi connectivity index (χ3v) is 3.57. The average molecular weight is 214 g/mol. The van der Waals surface area contributed by atoms with Gasteiger partial charge in [0.05, 0.1) is 33.1 Å². The maximum atomic E-state index is 2.36. The van der Waals surface area contributed by atoms with Gasteiger partial charge in [-0.1, -0.05) is 13.8 Å². The first-order valence-corrected chi connectivity index (χ1v) is 6.12. The quantitative estimate of drug-likeness (QED) is 0.487. The Morgan fingerprint density at radius 3 is 1.00 bits per heavy atom. The van der Waals surface area contributed by atoms with Crippen molar-refractivity contribution in [3.63, 3.8) is 0 Å². The molecule has 0 amide bonds. The summed E-state index contributed by atoms with van der Waals surface area (Å²) in [5, 5.41) is 0. The summed E-state index contributed by atoms with van der Waals surface area (Å²) in [5.74, 6) is 0.780. The second-order valence-corrected chi connectivity index (χ2v) is 5.85. The van der Waals surface area contributed by atoms with E-state index in [0.717, 1.165) is 24.0 Å². The van der Waals surface area contributed by atoms with Gasteiger partial charge >= 0.3 is 0 Å². The van der Waals surface area contributed by atoms with Crippen LogP contribution in [-0.2, 0) is 0 Å². The molecule has 0 aromatic heterocycles. The Morgan fingerprint density at radius 2 is 0.933 bits per heavy atom. The highest BCUT2D eigenvalue weighted by Gasteiger charge is 2.38. The Hall–Kier alpha value is 0.0249. The van der Waals surface area contributed by atoms with Crippen molar-refractivity contribution in [1.29, 1.82) is 0 Å². The largest absolute Gasteiger partial charge is 0.317 e. The molecule has 0 aliphatic carbocycles.